The fourth-order valence-electron chi connectivity index (χ4n) is 2.04. The minimum absolute atomic E-state index is 0.321. The van der Waals surface area contributed by atoms with Crippen LogP contribution in [0.2, 0.25) is 0 Å². The maximum atomic E-state index is 9.56. The molecule has 0 unspecified atom stereocenters. The van der Waals surface area contributed by atoms with Gasteiger partial charge in [0.05, 0.1) is 0 Å². The van der Waals surface area contributed by atoms with E-state index in [9.17, 15) is 5.11 Å². The number of benzene rings is 2. The monoisotopic (exact) mass is 240 g/mol. The van der Waals surface area contributed by atoms with Gasteiger partial charge in [-0.25, -0.2) is 0 Å². The van der Waals surface area contributed by atoms with Crippen molar-refractivity contribution in [3.63, 3.8) is 0 Å². The Bertz CT molecular complexity index is 614. The van der Waals surface area contributed by atoms with Gasteiger partial charge >= 0.3 is 0 Å². The maximum absolute atomic E-state index is 9.56. The Labute approximate surface area is 105 Å². The molecule has 0 aliphatic carbocycles. The molecule has 1 N–H and O–H groups in total. The first-order valence-electron chi connectivity index (χ1n) is 5.52. The average Bonchev–Trinajstić information content (AvgIpc) is 2.46. The second-order valence-electron chi connectivity index (χ2n) is 4.15. The van der Waals surface area contributed by atoms with Gasteiger partial charge in [0.25, 0.3) is 0 Å². The summed E-state index contributed by atoms with van der Waals surface area (Å²) in [6.45, 7) is 2.13. The Morgan fingerprint density at radius 1 is 1.00 bits per heavy atom. The highest BCUT2D eigenvalue weighted by molar-refractivity contribution is 7.99. The molecule has 0 radical (unpaired) electrons. The molecule has 2 aromatic carbocycles. The largest absolute Gasteiger partial charge is 0.508 e. The summed E-state index contributed by atoms with van der Waals surface area (Å²) >= 11 is 1.71. The predicted octanol–water partition coefficient (Wildman–Crippen LogP) is 4.42. The van der Waals surface area contributed by atoms with E-state index in [0.29, 0.717) is 5.75 Å². The lowest BCUT2D eigenvalue weighted by molar-refractivity contribution is 0.474. The van der Waals surface area contributed by atoms with Crippen LogP contribution in [0.15, 0.2) is 52.3 Å². The topological polar surface area (TPSA) is 20.2 Å². The molecule has 1 heterocycles. The van der Waals surface area contributed by atoms with E-state index < -0.39 is 0 Å². The summed E-state index contributed by atoms with van der Waals surface area (Å²) in [5, 5.41) is 9.56. The molecule has 3 rings (SSSR count). The second kappa shape index (κ2) is 3.97. The van der Waals surface area contributed by atoms with Crippen LogP contribution in [0, 0.1) is 0 Å². The summed E-state index contributed by atoms with van der Waals surface area (Å²) in [6.07, 6.45) is 2.17. The zero-order chi connectivity index (χ0) is 11.8. The first-order valence-corrected chi connectivity index (χ1v) is 6.34. The lowest BCUT2D eigenvalue weighted by Gasteiger charge is -2.06. The van der Waals surface area contributed by atoms with E-state index in [1.807, 2.05) is 18.2 Å². The van der Waals surface area contributed by atoms with Gasteiger partial charge in [0.2, 0.25) is 0 Å². The predicted molar refractivity (Wildman–Crippen MR) is 72.2 cm³/mol. The molecule has 0 aromatic heterocycles. The molecule has 1 aliphatic heterocycles. The molecule has 0 saturated carbocycles. The fraction of sp³-hybridized carbons (Fsp3) is 0.0667. The molecule has 0 amide bonds. The summed E-state index contributed by atoms with van der Waals surface area (Å²) in [5.41, 5.74) is 3.70. The highest BCUT2D eigenvalue weighted by atomic mass is 32.2. The molecule has 1 aliphatic rings. The number of hydrogen-bond acceptors (Lipinski definition) is 2. The molecule has 0 saturated heterocycles. The number of fused-ring (bicyclic) bond motifs is 2. The van der Waals surface area contributed by atoms with Gasteiger partial charge in [-0.3, -0.25) is 0 Å². The van der Waals surface area contributed by atoms with E-state index in [4.69, 9.17) is 0 Å². The van der Waals surface area contributed by atoms with E-state index >= 15 is 0 Å². The molecule has 0 atom stereocenters. The SMILES string of the molecule is CC1=Cc2ccc(O)cc2Sc2ccccc21. The van der Waals surface area contributed by atoms with Crippen LogP contribution < -0.4 is 0 Å². The van der Waals surface area contributed by atoms with E-state index in [0.717, 1.165) is 4.90 Å². The molecular weight excluding hydrogens is 228 g/mol. The average molecular weight is 240 g/mol. The summed E-state index contributed by atoms with van der Waals surface area (Å²) in [5.74, 6) is 0.321. The van der Waals surface area contributed by atoms with Crippen LogP contribution in [0.25, 0.3) is 11.6 Å². The summed E-state index contributed by atoms with van der Waals surface area (Å²) in [6, 6.07) is 13.9. The van der Waals surface area contributed by atoms with Gasteiger partial charge < -0.3 is 5.11 Å². The van der Waals surface area contributed by atoms with Crippen molar-refractivity contribution < 1.29 is 5.11 Å². The number of aromatic hydroxyl groups is 1. The molecule has 2 aromatic rings. The number of hydrogen-bond donors (Lipinski definition) is 1. The summed E-state index contributed by atoms with van der Waals surface area (Å²) < 4.78 is 0. The van der Waals surface area contributed by atoms with Crippen LogP contribution in [0.4, 0.5) is 0 Å². The van der Waals surface area contributed by atoms with Crippen LogP contribution in [0.3, 0.4) is 0 Å². The normalized spacial score (nSPS) is 13.4. The highest BCUT2D eigenvalue weighted by Crippen LogP contribution is 2.41. The molecular formula is C15H12OS. The maximum Gasteiger partial charge on any atom is 0.116 e. The van der Waals surface area contributed by atoms with Crippen LogP contribution in [-0.4, -0.2) is 5.11 Å². The van der Waals surface area contributed by atoms with Gasteiger partial charge in [-0.15, -0.1) is 0 Å². The zero-order valence-corrected chi connectivity index (χ0v) is 10.3. The van der Waals surface area contributed by atoms with Gasteiger partial charge in [0, 0.05) is 9.79 Å². The molecule has 1 nitrogen and oxygen atoms in total. The minimum Gasteiger partial charge on any atom is -0.508 e. The van der Waals surface area contributed by atoms with Crippen LogP contribution in [0.1, 0.15) is 18.1 Å². The Morgan fingerprint density at radius 2 is 1.82 bits per heavy atom. The van der Waals surface area contributed by atoms with E-state index in [-0.39, 0.29) is 0 Å². The number of phenols is 1. The Hall–Kier alpha value is -1.67. The van der Waals surface area contributed by atoms with Crippen LogP contribution in [0.5, 0.6) is 5.75 Å². The molecule has 17 heavy (non-hydrogen) atoms. The third-order valence-corrected chi connectivity index (χ3v) is 4.05. The lowest BCUT2D eigenvalue weighted by atomic mass is 10.0. The molecule has 2 heteroatoms. The molecule has 0 bridgehead atoms. The third-order valence-electron chi connectivity index (χ3n) is 2.90. The van der Waals surface area contributed by atoms with Crippen molar-refractivity contribution in [1.29, 1.82) is 0 Å². The molecule has 84 valence electrons. The van der Waals surface area contributed by atoms with Gasteiger partial charge in [0.15, 0.2) is 0 Å². The third kappa shape index (κ3) is 1.85. The first kappa shape index (κ1) is 10.5. The highest BCUT2D eigenvalue weighted by Gasteiger charge is 2.13. The Balaban J connectivity index is 2.24. The van der Waals surface area contributed by atoms with Crippen molar-refractivity contribution in [2.75, 3.05) is 0 Å². The number of allylic oxidation sites excluding steroid dienone is 1. The minimum atomic E-state index is 0.321. The quantitative estimate of drug-likeness (QED) is 0.735. The smallest absolute Gasteiger partial charge is 0.116 e. The van der Waals surface area contributed by atoms with Gasteiger partial charge in [-0.05, 0) is 41.8 Å². The van der Waals surface area contributed by atoms with Crippen molar-refractivity contribution in [3.05, 3.63) is 53.6 Å². The van der Waals surface area contributed by atoms with Crippen molar-refractivity contribution in [2.45, 2.75) is 16.7 Å². The van der Waals surface area contributed by atoms with E-state index in [1.54, 1.807) is 17.8 Å². The summed E-state index contributed by atoms with van der Waals surface area (Å²) in [4.78, 5) is 2.35. The summed E-state index contributed by atoms with van der Waals surface area (Å²) in [7, 11) is 0. The van der Waals surface area contributed by atoms with Crippen molar-refractivity contribution in [1.82, 2.24) is 0 Å². The number of phenolic OH excluding ortho intramolecular Hbond substituents is 1. The van der Waals surface area contributed by atoms with Crippen molar-refractivity contribution >= 4 is 23.4 Å². The lowest BCUT2D eigenvalue weighted by Crippen LogP contribution is -1.80. The van der Waals surface area contributed by atoms with Crippen molar-refractivity contribution in [3.8, 4) is 5.75 Å². The molecule has 0 spiro atoms. The van der Waals surface area contributed by atoms with Crippen LogP contribution >= 0.6 is 11.8 Å². The Morgan fingerprint density at radius 3 is 2.71 bits per heavy atom. The molecule has 0 fully saturated rings. The zero-order valence-electron chi connectivity index (χ0n) is 9.47. The second-order valence-corrected chi connectivity index (χ2v) is 5.23. The standard InChI is InChI=1S/C15H12OS/c1-10-8-11-6-7-12(16)9-15(11)17-14-5-3-2-4-13(10)14/h2-9,16H,1H3. The van der Waals surface area contributed by atoms with E-state index in [1.165, 1.54) is 21.6 Å². The van der Waals surface area contributed by atoms with Gasteiger partial charge in [-0.1, -0.05) is 42.1 Å². The van der Waals surface area contributed by atoms with E-state index in [2.05, 4.69) is 31.2 Å². The Kier molecular flexibility index (Phi) is 2.45. The van der Waals surface area contributed by atoms with Gasteiger partial charge in [-0.2, -0.15) is 0 Å². The van der Waals surface area contributed by atoms with Crippen LogP contribution in [-0.2, 0) is 0 Å². The van der Waals surface area contributed by atoms with Gasteiger partial charge in [0.1, 0.15) is 5.75 Å². The first-order chi connectivity index (χ1) is 8.24. The number of rotatable bonds is 0. The fourth-order valence-corrected chi connectivity index (χ4v) is 3.19. The van der Waals surface area contributed by atoms with Crippen molar-refractivity contribution in [2.24, 2.45) is 0 Å².